The Labute approximate surface area is 207 Å². The van der Waals surface area contributed by atoms with Gasteiger partial charge in [-0.25, -0.2) is 9.59 Å². The second kappa shape index (κ2) is 12.7. The van der Waals surface area contributed by atoms with Crippen molar-refractivity contribution in [2.24, 2.45) is 0 Å². The number of esters is 2. The van der Waals surface area contributed by atoms with Crippen LogP contribution < -0.4 is 4.74 Å². The lowest BCUT2D eigenvalue weighted by molar-refractivity contribution is -0.139. The Hall–Kier alpha value is -3.88. The smallest absolute Gasteiger partial charge is 0.389 e. The van der Waals surface area contributed by atoms with Crippen LogP contribution in [0, 0.1) is 0 Å². The molecule has 1 atom stereocenters. The second-order valence-electron chi connectivity index (χ2n) is 8.04. The number of aromatic nitrogens is 1. The second-order valence-corrected chi connectivity index (χ2v) is 8.04. The summed E-state index contributed by atoms with van der Waals surface area (Å²) in [6, 6.07) is 16.1. The molecule has 0 spiro atoms. The van der Waals surface area contributed by atoms with Crippen molar-refractivity contribution in [3.05, 3.63) is 95.3 Å². The molecule has 9 heteroatoms. The van der Waals surface area contributed by atoms with Crippen LogP contribution in [0.2, 0.25) is 0 Å². The van der Waals surface area contributed by atoms with Crippen LogP contribution in [0.5, 0.6) is 5.75 Å². The molecule has 0 radical (unpaired) electrons. The number of halogens is 3. The Kier molecular flexibility index (Phi) is 9.44. The van der Waals surface area contributed by atoms with E-state index in [-0.39, 0.29) is 26.1 Å². The molecule has 0 saturated heterocycles. The molecule has 0 N–H and O–H groups in total. The molecule has 0 aliphatic heterocycles. The highest BCUT2D eigenvalue weighted by Gasteiger charge is 2.33. The summed E-state index contributed by atoms with van der Waals surface area (Å²) >= 11 is 0. The summed E-state index contributed by atoms with van der Waals surface area (Å²) in [6.07, 6.45) is -2.34. The normalized spacial score (nSPS) is 12.0. The number of hydrogen-bond donors (Lipinski definition) is 0. The number of pyridine rings is 1. The highest BCUT2D eigenvalue weighted by atomic mass is 19.4. The van der Waals surface area contributed by atoms with Crippen LogP contribution in [0.1, 0.15) is 57.0 Å². The van der Waals surface area contributed by atoms with Crippen LogP contribution in [0.4, 0.5) is 13.2 Å². The van der Waals surface area contributed by atoms with E-state index < -0.39 is 30.5 Å². The lowest BCUT2D eigenvalue weighted by Crippen LogP contribution is -2.17. The zero-order chi connectivity index (χ0) is 26.0. The molecular formula is C27H26F3NO5. The van der Waals surface area contributed by atoms with Crippen molar-refractivity contribution in [3.63, 3.8) is 0 Å². The number of hydrogen-bond acceptors (Lipinski definition) is 6. The van der Waals surface area contributed by atoms with Crippen molar-refractivity contribution in [3.8, 4) is 5.75 Å². The lowest BCUT2D eigenvalue weighted by Gasteiger charge is -2.22. The molecule has 0 amide bonds. The third-order valence-electron chi connectivity index (χ3n) is 5.48. The van der Waals surface area contributed by atoms with E-state index in [0.29, 0.717) is 28.0 Å². The Morgan fingerprint density at radius 2 is 1.58 bits per heavy atom. The summed E-state index contributed by atoms with van der Waals surface area (Å²) in [5.41, 5.74) is 1.45. The van der Waals surface area contributed by atoms with E-state index in [9.17, 15) is 22.8 Å². The van der Waals surface area contributed by atoms with Crippen LogP contribution >= 0.6 is 0 Å². The fourth-order valence-electron chi connectivity index (χ4n) is 3.71. The number of benzene rings is 2. The molecule has 0 bridgehead atoms. The molecule has 1 heterocycles. The van der Waals surface area contributed by atoms with Crippen molar-refractivity contribution in [1.82, 2.24) is 4.98 Å². The van der Waals surface area contributed by atoms with Crippen molar-refractivity contribution in [2.75, 3.05) is 13.7 Å². The first-order valence-electron chi connectivity index (χ1n) is 11.3. The quantitative estimate of drug-likeness (QED) is 0.233. The van der Waals surface area contributed by atoms with Crippen LogP contribution in [0.15, 0.2) is 73.1 Å². The number of alkyl halides is 3. The fourth-order valence-corrected chi connectivity index (χ4v) is 3.71. The average molecular weight is 502 g/mol. The number of rotatable bonds is 11. The first kappa shape index (κ1) is 26.7. The first-order chi connectivity index (χ1) is 17.3. The molecule has 0 aliphatic carbocycles. The number of carbonyl (C=O) groups excluding carboxylic acids is 2. The predicted octanol–water partition coefficient (Wildman–Crippen LogP) is 6.12. The summed E-state index contributed by atoms with van der Waals surface area (Å²) in [6.45, 7) is -0.250. The van der Waals surface area contributed by atoms with Crippen molar-refractivity contribution < 1.29 is 37.0 Å². The minimum absolute atomic E-state index is 0.0391. The van der Waals surface area contributed by atoms with Gasteiger partial charge in [-0.2, -0.15) is 13.2 Å². The number of ether oxygens (including phenoxy) is 3. The Morgan fingerprint density at radius 3 is 2.25 bits per heavy atom. The highest BCUT2D eigenvalue weighted by Crippen LogP contribution is 2.36. The van der Waals surface area contributed by atoms with Gasteiger partial charge in [0.2, 0.25) is 0 Å². The minimum Gasteiger partial charge on any atom is -0.497 e. The van der Waals surface area contributed by atoms with E-state index in [1.54, 1.807) is 54.6 Å². The zero-order valence-corrected chi connectivity index (χ0v) is 19.7. The van der Waals surface area contributed by atoms with Crippen molar-refractivity contribution in [1.29, 1.82) is 0 Å². The molecule has 190 valence electrons. The third-order valence-corrected chi connectivity index (χ3v) is 5.48. The highest BCUT2D eigenvalue weighted by molar-refractivity contribution is 5.89. The van der Waals surface area contributed by atoms with Crippen molar-refractivity contribution in [2.45, 2.75) is 38.0 Å². The van der Waals surface area contributed by atoms with E-state index in [4.69, 9.17) is 14.2 Å². The molecule has 1 aromatic heterocycles. The van der Waals surface area contributed by atoms with Gasteiger partial charge in [0.15, 0.2) is 0 Å². The summed E-state index contributed by atoms with van der Waals surface area (Å²) in [7, 11) is 1.51. The van der Waals surface area contributed by atoms with Crippen molar-refractivity contribution >= 4 is 11.9 Å². The molecule has 36 heavy (non-hydrogen) atoms. The van der Waals surface area contributed by atoms with E-state index in [1.807, 2.05) is 0 Å². The minimum atomic E-state index is -4.41. The van der Waals surface area contributed by atoms with Gasteiger partial charge in [0.1, 0.15) is 12.4 Å². The topological polar surface area (TPSA) is 74.7 Å². The standard InChI is InChI=1S/C27H26F3NO5/c1-34-23-11-9-20(10-12-23)25(32)35-15-5-8-21(16-27(28,29)30)24-13-14-31-17-22(24)18-36-26(33)19-6-3-2-4-7-19/h2-4,6-7,9-14,17,21H,5,8,15-16,18H2,1H3. The Balaban J connectivity index is 1.63. The maximum Gasteiger partial charge on any atom is 0.389 e. The first-order valence-corrected chi connectivity index (χ1v) is 11.3. The molecule has 0 fully saturated rings. The molecule has 1 unspecified atom stereocenters. The Morgan fingerprint density at radius 1 is 0.917 bits per heavy atom. The number of nitrogens with zero attached hydrogens (tertiary/aromatic N) is 1. The fraction of sp³-hybridized carbons (Fsp3) is 0.296. The zero-order valence-electron chi connectivity index (χ0n) is 19.7. The number of methoxy groups -OCH3 is 1. The maximum atomic E-state index is 13.4. The molecule has 2 aromatic carbocycles. The monoisotopic (exact) mass is 501 g/mol. The Bertz CT molecular complexity index is 1130. The lowest BCUT2D eigenvalue weighted by atomic mass is 9.89. The largest absolute Gasteiger partial charge is 0.497 e. The SMILES string of the molecule is COc1ccc(C(=O)OCCCC(CC(F)(F)F)c2ccncc2COC(=O)c2ccccc2)cc1. The molecule has 3 aromatic rings. The van der Waals surface area contributed by atoms with Gasteiger partial charge in [0, 0.05) is 18.0 Å². The van der Waals surface area contributed by atoms with Gasteiger partial charge < -0.3 is 14.2 Å². The summed E-state index contributed by atoms with van der Waals surface area (Å²) in [5, 5.41) is 0. The summed E-state index contributed by atoms with van der Waals surface area (Å²) in [5.74, 6) is -1.48. The van der Waals surface area contributed by atoms with Gasteiger partial charge in [-0.1, -0.05) is 18.2 Å². The van der Waals surface area contributed by atoms with Crippen LogP contribution in [0.3, 0.4) is 0 Å². The molecule has 0 aliphatic rings. The molecular weight excluding hydrogens is 475 g/mol. The van der Waals surface area contributed by atoms with E-state index in [0.717, 1.165) is 0 Å². The van der Waals surface area contributed by atoms with Crippen LogP contribution in [-0.2, 0) is 16.1 Å². The molecule has 0 saturated carbocycles. The van der Waals surface area contributed by atoms with Gasteiger partial charge in [0.05, 0.1) is 31.3 Å². The maximum absolute atomic E-state index is 13.4. The van der Waals surface area contributed by atoms with Gasteiger partial charge in [-0.05, 0) is 66.8 Å². The van der Waals surface area contributed by atoms with E-state index in [2.05, 4.69) is 4.98 Å². The van der Waals surface area contributed by atoms with Gasteiger partial charge >= 0.3 is 18.1 Å². The van der Waals surface area contributed by atoms with Gasteiger partial charge in [-0.15, -0.1) is 0 Å². The van der Waals surface area contributed by atoms with E-state index >= 15 is 0 Å². The van der Waals surface area contributed by atoms with Gasteiger partial charge in [-0.3, -0.25) is 4.98 Å². The molecule has 6 nitrogen and oxygen atoms in total. The average Bonchev–Trinajstić information content (AvgIpc) is 2.89. The van der Waals surface area contributed by atoms with Gasteiger partial charge in [0.25, 0.3) is 0 Å². The van der Waals surface area contributed by atoms with E-state index in [1.165, 1.54) is 25.6 Å². The predicted molar refractivity (Wildman–Crippen MR) is 126 cm³/mol. The number of carbonyl (C=O) groups is 2. The van der Waals surface area contributed by atoms with Crippen LogP contribution in [-0.4, -0.2) is 36.8 Å². The summed E-state index contributed by atoms with van der Waals surface area (Å²) < 4.78 is 55.7. The molecule has 3 rings (SSSR count). The third kappa shape index (κ3) is 8.11. The van der Waals surface area contributed by atoms with Crippen LogP contribution in [0.25, 0.3) is 0 Å². The summed E-state index contributed by atoms with van der Waals surface area (Å²) in [4.78, 5) is 28.5.